The lowest BCUT2D eigenvalue weighted by Crippen LogP contribution is -1.98. The maximum Gasteiger partial charge on any atom is 0.359 e. The minimum Gasteiger partial charge on any atom is -0.476 e. The number of hydrogen-bond donors (Lipinski definition) is 2. The zero-order valence-electron chi connectivity index (χ0n) is 8.82. The molecule has 0 spiro atoms. The molecule has 0 bridgehead atoms. The average Bonchev–Trinajstić information content (AvgIpc) is 2.94. The van der Waals surface area contributed by atoms with E-state index < -0.39 is 5.97 Å². The predicted molar refractivity (Wildman–Crippen MR) is 67.1 cm³/mol. The van der Waals surface area contributed by atoms with Gasteiger partial charge in [-0.15, -0.1) is 21.5 Å². The first-order chi connectivity index (χ1) is 8.74. The van der Waals surface area contributed by atoms with Crippen LogP contribution in [0.5, 0.6) is 0 Å². The number of thiazole rings is 1. The van der Waals surface area contributed by atoms with Crippen molar-refractivity contribution in [1.82, 2.24) is 20.4 Å². The molecule has 0 fully saturated rings. The Hall–Kier alpha value is -1.93. The Balaban J connectivity index is 1.96. The van der Waals surface area contributed by atoms with Gasteiger partial charge in [-0.2, -0.15) is 5.21 Å². The highest BCUT2D eigenvalue weighted by molar-refractivity contribution is 8.01. The lowest BCUT2D eigenvalue weighted by Gasteiger charge is -1.91. The van der Waals surface area contributed by atoms with E-state index in [0.29, 0.717) is 5.03 Å². The van der Waals surface area contributed by atoms with Crippen LogP contribution in [0.2, 0.25) is 0 Å². The van der Waals surface area contributed by atoms with Gasteiger partial charge in [0.15, 0.2) is 9.37 Å². The number of fused-ring (bicyclic) bond motifs is 1. The van der Waals surface area contributed by atoms with Gasteiger partial charge >= 0.3 is 5.97 Å². The van der Waals surface area contributed by atoms with Crippen molar-refractivity contribution >= 4 is 39.3 Å². The number of nitrogens with one attached hydrogen (secondary N) is 1. The number of aromatic carboxylic acids is 1. The molecule has 0 unspecified atom stereocenters. The van der Waals surface area contributed by atoms with Gasteiger partial charge in [-0.3, -0.25) is 0 Å². The monoisotopic (exact) mass is 278 g/mol. The van der Waals surface area contributed by atoms with Crippen LogP contribution in [0, 0.1) is 0 Å². The Morgan fingerprint density at radius 3 is 2.94 bits per heavy atom. The fraction of sp³-hybridized carbons (Fsp3) is 0. The highest BCUT2D eigenvalue weighted by atomic mass is 32.2. The molecule has 3 aromatic rings. The van der Waals surface area contributed by atoms with Gasteiger partial charge in [-0.1, -0.05) is 12.1 Å². The standard InChI is InChI=1S/C10H6N4O2S2/c15-9(16)7-8(13-14-12-7)18-10-11-5-3-1-2-4-6(5)17-10/h1-4H,(H,15,16)(H,12,13,14). The zero-order chi connectivity index (χ0) is 12.5. The number of carbonyl (C=O) groups is 1. The molecule has 2 N–H and O–H groups in total. The Bertz CT molecular complexity index is 688. The molecule has 2 heterocycles. The Morgan fingerprint density at radius 2 is 2.17 bits per heavy atom. The van der Waals surface area contributed by atoms with Gasteiger partial charge in [-0.25, -0.2) is 9.78 Å². The van der Waals surface area contributed by atoms with Crippen LogP contribution in [-0.4, -0.2) is 31.5 Å². The normalized spacial score (nSPS) is 10.9. The number of rotatable bonds is 3. The lowest BCUT2D eigenvalue weighted by molar-refractivity contribution is 0.0686. The third-order valence-electron chi connectivity index (χ3n) is 2.18. The Kier molecular flexibility index (Phi) is 2.73. The molecule has 0 saturated heterocycles. The number of hydrogen-bond acceptors (Lipinski definition) is 6. The minimum atomic E-state index is -1.10. The number of benzene rings is 1. The summed E-state index contributed by atoms with van der Waals surface area (Å²) in [4.78, 5) is 15.3. The van der Waals surface area contributed by atoms with Crippen LogP contribution in [0.1, 0.15) is 10.5 Å². The number of H-pyrrole nitrogens is 1. The van der Waals surface area contributed by atoms with Crippen molar-refractivity contribution in [3.63, 3.8) is 0 Å². The first-order valence-corrected chi connectivity index (χ1v) is 6.55. The van der Waals surface area contributed by atoms with Crippen molar-refractivity contribution in [2.75, 3.05) is 0 Å². The van der Waals surface area contributed by atoms with E-state index in [-0.39, 0.29) is 5.69 Å². The maximum absolute atomic E-state index is 10.9. The summed E-state index contributed by atoms with van der Waals surface area (Å²) in [7, 11) is 0. The topological polar surface area (TPSA) is 91.8 Å². The summed E-state index contributed by atoms with van der Waals surface area (Å²) in [5, 5.41) is 19.0. The summed E-state index contributed by atoms with van der Waals surface area (Å²) in [6.45, 7) is 0. The minimum absolute atomic E-state index is 0.0840. The number of aromatic amines is 1. The van der Waals surface area contributed by atoms with Gasteiger partial charge in [0.25, 0.3) is 0 Å². The third kappa shape index (κ3) is 1.95. The number of carboxylic acid groups (broad SMARTS) is 1. The molecule has 0 amide bonds. The van der Waals surface area contributed by atoms with Crippen LogP contribution >= 0.6 is 23.1 Å². The largest absolute Gasteiger partial charge is 0.476 e. The molecule has 18 heavy (non-hydrogen) atoms. The number of nitrogens with zero attached hydrogens (tertiary/aromatic N) is 3. The van der Waals surface area contributed by atoms with Crippen LogP contribution in [0.4, 0.5) is 0 Å². The third-order valence-corrected chi connectivity index (χ3v) is 4.25. The fourth-order valence-electron chi connectivity index (χ4n) is 1.41. The van der Waals surface area contributed by atoms with E-state index in [2.05, 4.69) is 20.4 Å². The van der Waals surface area contributed by atoms with Crippen molar-refractivity contribution < 1.29 is 9.90 Å². The van der Waals surface area contributed by atoms with E-state index >= 15 is 0 Å². The van der Waals surface area contributed by atoms with Gasteiger partial charge < -0.3 is 5.11 Å². The summed E-state index contributed by atoms with van der Waals surface area (Å²) in [5.41, 5.74) is 0.810. The van der Waals surface area contributed by atoms with Gasteiger partial charge in [0.05, 0.1) is 10.2 Å². The molecule has 0 aliphatic rings. The van der Waals surface area contributed by atoms with E-state index in [0.717, 1.165) is 14.6 Å². The molecule has 1 aromatic carbocycles. The van der Waals surface area contributed by atoms with Crippen molar-refractivity contribution in [3.05, 3.63) is 30.0 Å². The molecule has 6 nitrogen and oxygen atoms in total. The van der Waals surface area contributed by atoms with E-state index in [1.54, 1.807) is 0 Å². The molecular formula is C10H6N4O2S2. The maximum atomic E-state index is 10.9. The first-order valence-electron chi connectivity index (χ1n) is 4.91. The van der Waals surface area contributed by atoms with Crippen LogP contribution in [0.15, 0.2) is 33.6 Å². The summed E-state index contributed by atoms with van der Waals surface area (Å²) < 4.78 is 1.80. The highest BCUT2D eigenvalue weighted by Crippen LogP contribution is 2.34. The van der Waals surface area contributed by atoms with Crippen LogP contribution in [0.25, 0.3) is 10.2 Å². The number of aromatic nitrogens is 4. The highest BCUT2D eigenvalue weighted by Gasteiger charge is 2.17. The molecule has 0 atom stereocenters. The second kappa shape index (κ2) is 4.39. The van der Waals surface area contributed by atoms with E-state index in [9.17, 15) is 4.79 Å². The van der Waals surface area contributed by atoms with Crippen molar-refractivity contribution in [2.45, 2.75) is 9.37 Å². The second-order valence-electron chi connectivity index (χ2n) is 3.33. The molecule has 0 radical (unpaired) electrons. The molecule has 0 saturated carbocycles. The van der Waals surface area contributed by atoms with Crippen molar-refractivity contribution in [3.8, 4) is 0 Å². The zero-order valence-corrected chi connectivity index (χ0v) is 10.5. The van der Waals surface area contributed by atoms with E-state index in [4.69, 9.17) is 5.11 Å². The summed E-state index contributed by atoms with van der Waals surface area (Å²) in [6, 6.07) is 7.73. The molecule has 90 valence electrons. The van der Waals surface area contributed by atoms with Gasteiger partial charge in [0, 0.05) is 0 Å². The Labute approximate surface area is 109 Å². The average molecular weight is 278 g/mol. The molecular weight excluding hydrogens is 272 g/mol. The molecule has 8 heteroatoms. The molecule has 0 aliphatic carbocycles. The second-order valence-corrected chi connectivity index (χ2v) is 5.60. The first kappa shape index (κ1) is 11.2. The van der Waals surface area contributed by atoms with Crippen LogP contribution < -0.4 is 0 Å². The van der Waals surface area contributed by atoms with Crippen LogP contribution in [-0.2, 0) is 0 Å². The summed E-state index contributed by atoms with van der Waals surface area (Å²) in [5.74, 6) is -1.10. The quantitative estimate of drug-likeness (QED) is 0.763. The Morgan fingerprint density at radius 1 is 1.33 bits per heavy atom. The van der Waals surface area contributed by atoms with Crippen LogP contribution in [0.3, 0.4) is 0 Å². The van der Waals surface area contributed by atoms with E-state index in [1.165, 1.54) is 23.1 Å². The number of carboxylic acids is 1. The molecule has 2 aromatic heterocycles. The predicted octanol–water partition coefficient (Wildman–Crippen LogP) is 2.26. The number of para-hydroxylation sites is 1. The smallest absolute Gasteiger partial charge is 0.359 e. The summed E-state index contributed by atoms with van der Waals surface area (Å²) in [6.07, 6.45) is 0. The van der Waals surface area contributed by atoms with Crippen molar-refractivity contribution in [2.24, 2.45) is 0 Å². The van der Waals surface area contributed by atoms with Gasteiger partial charge in [0.1, 0.15) is 0 Å². The molecule has 0 aliphatic heterocycles. The van der Waals surface area contributed by atoms with E-state index in [1.807, 2.05) is 24.3 Å². The molecule has 3 rings (SSSR count). The fourth-order valence-corrected chi connectivity index (χ4v) is 3.40. The lowest BCUT2D eigenvalue weighted by atomic mass is 10.3. The van der Waals surface area contributed by atoms with Crippen molar-refractivity contribution in [1.29, 1.82) is 0 Å². The SMILES string of the molecule is O=C(O)c1n[nH]nc1Sc1nc2ccccc2s1. The van der Waals surface area contributed by atoms with Gasteiger partial charge in [-0.05, 0) is 23.9 Å². The van der Waals surface area contributed by atoms with Gasteiger partial charge in [0.2, 0.25) is 5.69 Å². The summed E-state index contributed by atoms with van der Waals surface area (Å²) >= 11 is 2.69.